The number of hydrogen-bond acceptors (Lipinski definition) is 9. The number of thiazole rings is 1. The first-order chi connectivity index (χ1) is 12.4. The summed E-state index contributed by atoms with van der Waals surface area (Å²) >= 11 is 1.33. The maximum absolute atomic E-state index is 12.1. The molecular weight excluding hydrogens is 368 g/mol. The Hall–Kier alpha value is -2.50. The molecule has 26 heavy (non-hydrogen) atoms. The molecule has 1 aliphatic rings. The molecule has 1 atom stereocenters. The van der Waals surface area contributed by atoms with Gasteiger partial charge in [0.05, 0.1) is 13.2 Å². The summed E-state index contributed by atoms with van der Waals surface area (Å²) in [5.41, 5.74) is 4.69. The standard InChI is InChI=1S/C15H17F2N5O3S/c16-14(17)20-2-1-10(18)9-6-21-12(13-19-3-4-26-13)22-11(9)5-15(25,7-23)8-24/h1-4,7,14,24-25H,5-6,8,18H2,(H,21,22). The molecule has 11 heteroatoms. The van der Waals surface area contributed by atoms with Gasteiger partial charge in [-0.1, -0.05) is 0 Å². The van der Waals surface area contributed by atoms with Crippen LogP contribution in [0.15, 0.2) is 44.6 Å². The molecule has 0 aliphatic carbocycles. The third-order valence-electron chi connectivity index (χ3n) is 3.44. The van der Waals surface area contributed by atoms with E-state index in [1.54, 1.807) is 11.6 Å². The van der Waals surface area contributed by atoms with Crippen molar-refractivity contribution in [2.45, 2.75) is 18.6 Å². The summed E-state index contributed by atoms with van der Waals surface area (Å²) in [6, 6.07) is 0. The third kappa shape index (κ3) is 5.00. The van der Waals surface area contributed by atoms with E-state index >= 15 is 0 Å². The van der Waals surface area contributed by atoms with Crippen molar-refractivity contribution in [3.8, 4) is 0 Å². The number of hydrogen-bond donors (Lipinski definition) is 4. The second-order valence-corrected chi connectivity index (χ2v) is 6.23. The van der Waals surface area contributed by atoms with Crippen LogP contribution in [0, 0.1) is 0 Å². The number of nitrogens with two attached hydrogens (primary N) is 1. The van der Waals surface area contributed by atoms with E-state index in [0.29, 0.717) is 22.1 Å². The number of aromatic nitrogens is 1. The van der Waals surface area contributed by atoms with Gasteiger partial charge in [0, 0.05) is 41.2 Å². The number of aliphatic hydroxyl groups excluding tert-OH is 1. The van der Waals surface area contributed by atoms with Gasteiger partial charge in [0.25, 0.3) is 0 Å². The third-order valence-corrected chi connectivity index (χ3v) is 4.22. The van der Waals surface area contributed by atoms with Gasteiger partial charge in [-0.25, -0.2) is 9.98 Å². The number of allylic oxidation sites excluding steroid dienone is 1. The lowest BCUT2D eigenvalue weighted by Crippen LogP contribution is -2.41. The topological polar surface area (TPSA) is 133 Å². The van der Waals surface area contributed by atoms with Crippen molar-refractivity contribution in [3.63, 3.8) is 0 Å². The smallest absolute Gasteiger partial charge is 0.331 e. The van der Waals surface area contributed by atoms with E-state index in [1.165, 1.54) is 17.4 Å². The molecule has 140 valence electrons. The predicted molar refractivity (Wildman–Crippen MR) is 93.2 cm³/mol. The molecule has 0 saturated carbocycles. The highest BCUT2D eigenvalue weighted by molar-refractivity contribution is 7.11. The van der Waals surface area contributed by atoms with Crippen LogP contribution in [-0.2, 0) is 4.79 Å². The molecule has 8 nitrogen and oxygen atoms in total. The Labute approximate surface area is 151 Å². The van der Waals surface area contributed by atoms with E-state index in [2.05, 4.69) is 20.3 Å². The van der Waals surface area contributed by atoms with E-state index in [-0.39, 0.29) is 24.9 Å². The van der Waals surface area contributed by atoms with Gasteiger partial charge in [0.1, 0.15) is 5.60 Å². The van der Waals surface area contributed by atoms with Crippen LogP contribution in [-0.4, -0.2) is 58.8 Å². The molecule has 0 bridgehead atoms. The van der Waals surface area contributed by atoms with Crippen molar-refractivity contribution in [3.05, 3.63) is 39.6 Å². The second kappa shape index (κ2) is 8.74. The average molecular weight is 385 g/mol. The van der Waals surface area contributed by atoms with E-state index in [9.17, 15) is 23.8 Å². The highest BCUT2D eigenvalue weighted by atomic mass is 32.1. The summed E-state index contributed by atoms with van der Waals surface area (Å²) in [6.07, 6.45) is 3.59. The lowest BCUT2D eigenvalue weighted by molar-refractivity contribution is -0.127. The normalized spacial score (nSPS) is 18.0. The fourth-order valence-electron chi connectivity index (χ4n) is 2.12. The van der Waals surface area contributed by atoms with Crippen LogP contribution in [0.4, 0.5) is 8.78 Å². The van der Waals surface area contributed by atoms with Gasteiger partial charge < -0.3 is 26.1 Å². The molecule has 2 rings (SSSR count). The Kier molecular flexibility index (Phi) is 6.66. The average Bonchev–Trinajstić information content (AvgIpc) is 3.15. The number of amidine groups is 1. The van der Waals surface area contributed by atoms with Gasteiger partial charge in [-0.05, 0) is 6.08 Å². The Morgan fingerprint density at radius 2 is 2.35 bits per heavy atom. The van der Waals surface area contributed by atoms with E-state index < -0.39 is 18.8 Å². The van der Waals surface area contributed by atoms with Crippen molar-refractivity contribution < 1.29 is 23.8 Å². The van der Waals surface area contributed by atoms with Crippen LogP contribution < -0.4 is 11.1 Å². The summed E-state index contributed by atoms with van der Waals surface area (Å²) < 4.78 is 24.2. The Morgan fingerprint density at radius 3 is 2.92 bits per heavy atom. The molecule has 2 heterocycles. The monoisotopic (exact) mass is 385 g/mol. The van der Waals surface area contributed by atoms with Gasteiger partial charge in [-0.15, -0.1) is 11.3 Å². The van der Waals surface area contributed by atoms with Gasteiger partial charge in [-0.2, -0.15) is 8.78 Å². The van der Waals surface area contributed by atoms with Gasteiger partial charge in [-0.3, -0.25) is 4.99 Å². The highest BCUT2D eigenvalue weighted by Gasteiger charge is 2.30. The highest BCUT2D eigenvalue weighted by Crippen LogP contribution is 2.23. The van der Waals surface area contributed by atoms with Crippen molar-refractivity contribution in [2.24, 2.45) is 15.7 Å². The number of carbonyl (C=O) groups excluding carboxylic acids is 1. The van der Waals surface area contributed by atoms with Gasteiger partial charge in [0.15, 0.2) is 17.1 Å². The minimum absolute atomic E-state index is 0.0719. The zero-order valence-electron chi connectivity index (χ0n) is 13.5. The number of nitrogens with one attached hydrogen (secondary N) is 1. The first-order valence-electron chi connectivity index (χ1n) is 7.39. The van der Waals surface area contributed by atoms with Crippen LogP contribution >= 0.6 is 11.3 Å². The van der Waals surface area contributed by atoms with Crippen LogP contribution in [0.3, 0.4) is 0 Å². The van der Waals surface area contributed by atoms with Crippen LogP contribution in [0.2, 0.25) is 0 Å². The molecule has 0 amide bonds. The summed E-state index contributed by atoms with van der Waals surface area (Å²) in [4.78, 5) is 22.4. The maximum atomic E-state index is 12.1. The number of alkyl halides is 2. The number of halogens is 2. The number of aldehydes is 1. The molecule has 1 unspecified atom stereocenters. The minimum Gasteiger partial charge on any atom is -0.398 e. The lowest BCUT2D eigenvalue weighted by Gasteiger charge is -2.26. The van der Waals surface area contributed by atoms with E-state index in [4.69, 9.17) is 5.73 Å². The summed E-state index contributed by atoms with van der Waals surface area (Å²) in [6.45, 7) is -3.58. The largest absolute Gasteiger partial charge is 0.398 e. The number of carbonyl (C=O) groups is 1. The molecule has 1 aromatic rings. The van der Waals surface area contributed by atoms with Gasteiger partial charge in [0.2, 0.25) is 0 Å². The second-order valence-electron chi connectivity index (χ2n) is 5.34. The van der Waals surface area contributed by atoms with E-state index in [1.807, 2.05) is 0 Å². The molecule has 5 N–H and O–H groups in total. The fourth-order valence-corrected chi connectivity index (χ4v) is 2.72. The number of nitrogens with zero attached hydrogens (tertiary/aromatic N) is 3. The van der Waals surface area contributed by atoms with Crippen molar-refractivity contribution >= 4 is 29.7 Å². The van der Waals surface area contributed by atoms with Crippen molar-refractivity contribution in [1.29, 1.82) is 0 Å². The molecule has 0 radical (unpaired) electrons. The zero-order chi connectivity index (χ0) is 19.2. The number of aliphatic hydroxyl groups is 2. The minimum atomic E-state index is -2.86. The van der Waals surface area contributed by atoms with Gasteiger partial charge >= 0.3 is 6.55 Å². The van der Waals surface area contributed by atoms with E-state index in [0.717, 1.165) is 6.21 Å². The van der Waals surface area contributed by atoms with Crippen LogP contribution in [0.5, 0.6) is 0 Å². The SMILES string of the molecule is NC(=CC=NC(F)F)C1=C(CC(O)(C=O)CO)NC(c2nccs2)=NC1. The lowest BCUT2D eigenvalue weighted by atomic mass is 9.95. The van der Waals surface area contributed by atoms with Crippen LogP contribution in [0.25, 0.3) is 0 Å². The van der Waals surface area contributed by atoms with Crippen molar-refractivity contribution in [2.75, 3.05) is 13.2 Å². The fraction of sp³-hybridized carbons (Fsp3) is 0.333. The first kappa shape index (κ1) is 19.8. The number of rotatable bonds is 8. The molecule has 1 aromatic heterocycles. The zero-order valence-corrected chi connectivity index (χ0v) is 14.3. The molecular formula is C15H17F2N5O3S. The predicted octanol–water partition coefficient (Wildman–Crippen LogP) is 0.195. The molecule has 1 aliphatic heterocycles. The molecule has 0 spiro atoms. The summed E-state index contributed by atoms with van der Waals surface area (Å²) in [5.74, 6) is 0.416. The quantitative estimate of drug-likeness (QED) is 0.287. The molecule has 0 aromatic carbocycles. The maximum Gasteiger partial charge on any atom is 0.331 e. The summed E-state index contributed by atoms with van der Waals surface area (Å²) in [5, 5.41) is 24.7. The summed E-state index contributed by atoms with van der Waals surface area (Å²) in [7, 11) is 0. The van der Waals surface area contributed by atoms with Crippen molar-refractivity contribution in [1.82, 2.24) is 10.3 Å². The Morgan fingerprint density at radius 1 is 1.58 bits per heavy atom. The Balaban J connectivity index is 2.34. The molecule has 0 saturated heterocycles. The Bertz CT molecular complexity index is 761. The van der Waals surface area contributed by atoms with Crippen LogP contribution in [0.1, 0.15) is 11.4 Å². The first-order valence-corrected chi connectivity index (χ1v) is 8.27. The molecule has 0 fully saturated rings. The number of aliphatic imine (C=N–C) groups is 2.